The van der Waals surface area contributed by atoms with Crippen molar-refractivity contribution in [2.45, 2.75) is 68.7 Å². The van der Waals surface area contributed by atoms with Gasteiger partial charge in [-0.3, -0.25) is 9.69 Å². The Kier molecular flexibility index (Phi) is 10.1. The number of amides is 1. The number of benzene rings is 1. The molecule has 0 bridgehead atoms. The van der Waals surface area contributed by atoms with Crippen molar-refractivity contribution < 1.29 is 17.7 Å². The molecule has 2 N–H and O–H groups in total. The van der Waals surface area contributed by atoms with Gasteiger partial charge in [-0.2, -0.15) is 0 Å². The van der Waals surface area contributed by atoms with E-state index in [1.807, 2.05) is 6.07 Å². The lowest BCUT2D eigenvalue weighted by Gasteiger charge is -2.29. The monoisotopic (exact) mass is 558 g/mol. The Morgan fingerprint density at radius 2 is 1.97 bits per heavy atom. The SMILES string of the molecule is CC(C)C[C@@H](CN1CCC[C@H]1C(=O)NCCCCc1ccccc1)NS(=O)(=O)c1ccc(-c2ccon2)s1. The number of nitrogens with zero attached hydrogens (tertiary/aromatic N) is 2. The quantitative estimate of drug-likeness (QED) is 0.278. The molecule has 2 aromatic heterocycles. The Morgan fingerprint density at radius 3 is 2.71 bits per heavy atom. The van der Waals surface area contributed by atoms with Gasteiger partial charge in [-0.15, -0.1) is 11.3 Å². The minimum Gasteiger partial charge on any atom is -0.364 e. The van der Waals surface area contributed by atoms with E-state index in [0.29, 0.717) is 31.1 Å². The van der Waals surface area contributed by atoms with Crippen molar-refractivity contribution in [3.63, 3.8) is 0 Å². The molecule has 38 heavy (non-hydrogen) atoms. The maximum absolute atomic E-state index is 13.3. The number of carbonyl (C=O) groups is 1. The van der Waals surface area contributed by atoms with Gasteiger partial charge in [0.1, 0.15) is 16.2 Å². The standard InChI is InChI=1S/C28H38N4O4S2/c1-21(2)19-23(31-38(34,35)27-14-13-26(37-27)24-15-18-36-30-24)20-32-17-8-12-25(32)28(33)29-16-7-6-11-22-9-4-3-5-10-22/h3-5,9-10,13-15,18,21,23,25,31H,6-8,11-12,16-17,19-20H2,1-2H3,(H,29,33)/t23-,25-/m0/s1. The molecule has 0 spiro atoms. The minimum atomic E-state index is -3.72. The van der Waals surface area contributed by atoms with Crippen LogP contribution in [0.15, 0.2) is 63.5 Å². The number of nitrogens with one attached hydrogen (secondary N) is 2. The molecular formula is C28H38N4O4S2. The van der Waals surface area contributed by atoms with Crippen LogP contribution in [0.1, 0.15) is 51.5 Å². The second-order valence-electron chi connectivity index (χ2n) is 10.3. The number of likely N-dealkylation sites (tertiary alicyclic amines) is 1. The summed E-state index contributed by atoms with van der Waals surface area (Å²) in [7, 11) is -3.72. The topological polar surface area (TPSA) is 105 Å². The van der Waals surface area contributed by atoms with Crippen LogP contribution < -0.4 is 10.0 Å². The zero-order valence-electron chi connectivity index (χ0n) is 22.1. The number of hydrogen-bond donors (Lipinski definition) is 2. The van der Waals surface area contributed by atoms with E-state index in [2.05, 4.69) is 58.2 Å². The van der Waals surface area contributed by atoms with E-state index in [1.165, 1.54) is 23.2 Å². The molecule has 206 valence electrons. The molecular weight excluding hydrogens is 520 g/mol. The van der Waals surface area contributed by atoms with Crippen LogP contribution in [0.3, 0.4) is 0 Å². The number of aromatic nitrogens is 1. The van der Waals surface area contributed by atoms with Gasteiger partial charge in [-0.1, -0.05) is 49.3 Å². The van der Waals surface area contributed by atoms with E-state index < -0.39 is 10.0 Å². The average Bonchev–Trinajstić information content (AvgIpc) is 3.65. The van der Waals surface area contributed by atoms with Crippen LogP contribution in [-0.4, -0.2) is 56.1 Å². The van der Waals surface area contributed by atoms with Crippen LogP contribution in [0.2, 0.25) is 0 Å². The summed E-state index contributed by atoms with van der Waals surface area (Å²) in [4.78, 5) is 15.9. The number of unbranched alkanes of at least 4 members (excludes halogenated alkanes) is 1. The van der Waals surface area contributed by atoms with Crippen molar-refractivity contribution in [1.29, 1.82) is 0 Å². The van der Waals surface area contributed by atoms with Crippen molar-refractivity contribution >= 4 is 27.3 Å². The molecule has 1 amide bonds. The third-order valence-corrected chi connectivity index (χ3v) is 9.89. The molecule has 1 aromatic carbocycles. The lowest BCUT2D eigenvalue weighted by atomic mass is 10.0. The summed E-state index contributed by atoms with van der Waals surface area (Å²) >= 11 is 1.17. The molecule has 1 saturated heterocycles. The molecule has 1 aliphatic heterocycles. The van der Waals surface area contributed by atoms with Gasteiger partial charge in [0.2, 0.25) is 15.9 Å². The highest BCUT2D eigenvalue weighted by atomic mass is 32.2. The summed E-state index contributed by atoms with van der Waals surface area (Å²) in [5.74, 6) is 0.347. The number of rotatable bonds is 14. The van der Waals surface area contributed by atoms with Crippen LogP contribution in [0, 0.1) is 5.92 Å². The van der Waals surface area contributed by atoms with E-state index in [9.17, 15) is 13.2 Å². The van der Waals surface area contributed by atoms with Gasteiger partial charge in [0.25, 0.3) is 0 Å². The highest BCUT2D eigenvalue weighted by Crippen LogP contribution is 2.30. The van der Waals surface area contributed by atoms with Crippen molar-refractivity contribution in [1.82, 2.24) is 20.1 Å². The number of aryl methyl sites for hydroxylation is 1. The smallest absolute Gasteiger partial charge is 0.250 e. The fourth-order valence-electron chi connectivity index (χ4n) is 5.00. The van der Waals surface area contributed by atoms with Gasteiger partial charge >= 0.3 is 0 Å². The van der Waals surface area contributed by atoms with Gasteiger partial charge in [-0.25, -0.2) is 13.1 Å². The average molecular weight is 559 g/mol. The second kappa shape index (κ2) is 13.5. The fraction of sp³-hybridized carbons (Fsp3) is 0.500. The van der Waals surface area contributed by atoms with Gasteiger partial charge in [0.05, 0.1) is 10.9 Å². The zero-order chi connectivity index (χ0) is 27.0. The Morgan fingerprint density at radius 1 is 1.16 bits per heavy atom. The van der Waals surface area contributed by atoms with Crippen LogP contribution in [0.25, 0.3) is 10.6 Å². The fourth-order valence-corrected chi connectivity index (χ4v) is 7.53. The summed E-state index contributed by atoms with van der Waals surface area (Å²) in [5, 5.41) is 7.01. The predicted molar refractivity (Wildman–Crippen MR) is 150 cm³/mol. The van der Waals surface area contributed by atoms with Gasteiger partial charge in [-0.05, 0) is 68.7 Å². The maximum atomic E-state index is 13.3. The first-order valence-electron chi connectivity index (χ1n) is 13.4. The zero-order valence-corrected chi connectivity index (χ0v) is 23.8. The molecule has 3 aromatic rings. The summed E-state index contributed by atoms with van der Waals surface area (Å²) in [6, 6.07) is 14.9. The largest absolute Gasteiger partial charge is 0.364 e. The molecule has 0 saturated carbocycles. The van der Waals surface area contributed by atoms with Crippen molar-refractivity contribution in [2.24, 2.45) is 5.92 Å². The second-order valence-corrected chi connectivity index (χ2v) is 13.4. The number of hydrogen-bond acceptors (Lipinski definition) is 7. The summed E-state index contributed by atoms with van der Waals surface area (Å²) < 4.78 is 34.6. The van der Waals surface area contributed by atoms with E-state index in [1.54, 1.807) is 18.2 Å². The Hall–Kier alpha value is -2.53. The number of sulfonamides is 1. The Balaban J connectivity index is 1.31. The molecule has 3 heterocycles. The maximum Gasteiger partial charge on any atom is 0.250 e. The van der Waals surface area contributed by atoms with Crippen LogP contribution in [-0.2, 0) is 21.2 Å². The van der Waals surface area contributed by atoms with E-state index in [-0.39, 0.29) is 22.2 Å². The first-order chi connectivity index (χ1) is 18.3. The normalized spacial score (nSPS) is 17.2. The van der Waals surface area contributed by atoms with Crippen molar-refractivity contribution in [3.05, 3.63) is 60.4 Å². The summed E-state index contributed by atoms with van der Waals surface area (Å²) in [6.45, 7) is 6.12. The summed E-state index contributed by atoms with van der Waals surface area (Å²) in [6.07, 6.45) is 6.84. The lowest BCUT2D eigenvalue weighted by Crippen LogP contribution is -2.50. The highest BCUT2D eigenvalue weighted by Gasteiger charge is 2.33. The predicted octanol–water partition coefficient (Wildman–Crippen LogP) is 4.70. The molecule has 1 aliphatic rings. The molecule has 0 radical (unpaired) electrons. The summed E-state index contributed by atoms with van der Waals surface area (Å²) in [5.41, 5.74) is 1.93. The highest BCUT2D eigenvalue weighted by molar-refractivity contribution is 7.91. The van der Waals surface area contributed by atoms with Crippen molar-refractivity contribution in [2.75, 3.05) is 19.6 Å². The number of thiophene rings is 1. The third kappa shape index (κ3) is 7.99. The van der Waals surface area contributed by atoms with Gasteiger partial charge in [0, 0.05) is 25.2 Å². The van der Waals surface area contributed by atoms with Crippen LogP contribution in [0.5, 0.6) is 0 Å². The molecule has 8 nitrogen and oxygen atoms in total. The first kappa shape index (κ1) is 28.5. The molecule has 4 rings (SSSR count). The Labute approximate surface area is 229 Å². The third-order valence-electron chi connectivity index (χ3n) is 6.77. The molecule has 1 fully saturated rings. The van der Waals surface area contributed by atoms with Gasteiger partial charge in [0.15, 0.2) is 0 Å². The van der Waals surface area contributed by atoms with E-state index >= 15 is 0 Å². The first-order valence-corrected chi connectivity index (χ1v) is 15.7. The molecule has 0 unspecified atom stereocenters. The molecule has 2 atom stereocenters. The van der Waals surface area contributed by atoms with Crippen molar-refractivity contribution in [3.8, 4) is 10.6 Å². The Bertz CT molecular complexity index is 1240. The number of carbonyl (C=O) groups excluding carboxylic acids is 1. The van der Waals surface area contributed by atoms with Crippen LogP contribution >= 0.6 is 11.3 Å². The van der Waals surface area contributed by atoms with E-state index in [4.69, 9.17) is 4.52 Å². The molecule has 0 aliphatic carbocycles. The minimum absolute atomic E-state index is 0.0453. The lowest BCUT2D eigenvalue weighted by molar-refractivity contribution is -0.125. The molecule has 10 heteroatoms. The van der Waals surface area contributed by atoms with Crippen LogP contribution in [0.4, 0.5) is 0 Å². The van der Waals surface area contributed by atoms with E-state index in [0.717, 1.165) is 43.5 Å². The van der Waals surface area contributed by atoms with Gasteiger partial charge < -0.3 is 9.84 Å².